The molecule has 2 aromatic carbocycles. The van der Waals surface area contributed by atoms with Crippen molar-refractivity contribution in [2.24, 2.45) is 0 Å². The van der Waals surface area contributed by atoms with E-state index in [4.69, 9.17) is 5.11 Å². The highest BCUT2D eigenvalue weighted by Crippen LogP contribution is 2.14. The van der Waals surface area contributed by atoms with Gasteiger partial charge in [-0.2, -0.15) is 0 Å². The first-order valence-corrected chi connectivity index (χ1v) is 5.99. The molecule has 0 saturated heterocycles. The Morgan fingerprint density at radius 3 is 2.00 bits per heavy atom. The molecule has 19 heavy (non-hydrogen) atoms. The molecule has 0 unspecified atom stereocenters. The molecule has 0 amide bonds. The molecule has 2 aromatic rings. The van der Waals surface area contributed by atoms with Crippen molar-refractivity contribution in [3.63, 3.8) is 0 Å². The smallest absolute Gasteiger partial charge is 0.328 e. The first kappa shape index (κ1) is 12.8. The van der Waals surface area contributed by atoms with Crippen LogP contribution in [0.3, 0.4) is 0 Å². The minimum atomic E-state index is -0.943. The molecule has 0 radical (unpaired) electrons. The minimum absolute atomic E-state index is 0.886. The van der Waals surface area contributed by atoms with Crippen LogP contribution in [-0.4, -0.2) is 11.1 Å². The molecular weight excluding hydrogens is 236 g/mol. The molecule has 0 bridgehead atoms. The van der Waals surface area contributed by atoms with Gasteiger partial charge in [0.05, 0.1) is 0 Å². The average molecular weight is 250 g/mol. The third kappa shape index (κ3) is 3.96. The zero-order chi connectivity index (χ0) is 13.5. The normalized spacial score (nSPS) is 11.2. The standard InChI is InChI=1S/C17H14O2/c18-17(19)13-12-16-9-5-4-8-15(16)11-10-14-6-2-1-3-7-14/h1-13H,(H,18,19)/b11-10+,13-12+. The fourth-order valence-electron chi connectivity index (χ4n) is 1.73. The van der Waals surface area contributed by atoms with Gasteiger partial charge in [0.25, 0.3) is 0 Å². The van der Waals surface area contributed by atoms with Crippen LogP contribution in [0.15, 0.2) is 60.7 Å². The van der Waals surface area contributed by atoms with E-state index >= 15 is 0 Å². The number of carbonyl (C=O) groups is 1. The van der Waals surface area contributed by atoms with Crippen LogP contribution in [0.2, 0.25) is 0 Å². The van der Waals surface area contributed by atoms with Gasteiger partial charge in [0.1, 0.15) is 0 Å². The Hall–Kier alpha value is -2.61. The lowest BCUT2D eigenvalue weighted by atomic mass is 10.1. The van der Waals surface area contributed by atoms with E-state index in [1.54, 1.807) is 6.08 Å². The molecule has 2 nitrogen and oxygen atoms in total. The van der Waals surface area contributed by atoms with Crippen molar-refractivity contribution in [3.8, 4) is 0 Å². The van der Waals surface area contributed by atoms with Crippen LogP contribution in [0, 0.1) is 0 Å². The molecule has 0 heterocycles. The molecule has 0 fully saturated rings. The number of carboxylic acid groups (broad SMARTS) is 1. The molecule has 0 atom stereocenters. The van der Waals surface area contributed by atoms with Gasteiger partial charge in [-0.3, -0.25) is 0 Å². The van der Waals surface area contributed by atoms with E-state index in [9.17, 15) is 4.79 Å². The predicted octanol–water partition coefficient (Wildman–Crippen LogP) is 3.95. The molecule has 0 aromatic heterocycles. The molecule has 0 aliphatic carbocycles. The monoisotopic (exact) mass is 250 g/mol. The highest BCUT2D eigenvalue weighted by molar-refractivity contribution is 5.87. The van der Waals surface area contributed by atoms with Crippen molar-refractivity contribution in [1.29, 1.82) is 0 Å². The number of carboxylic acids is 1. The summed E-state index contributed by atoms with van der Waals surface area (Å²) < 4.78 is 0. The summed E-state index contributed by atoms with van der Waals surface area (Å²) in [5.74, 6) is -0.943. The van der Waals surface area contributed by atoms with E-state index in [-0.39, 0.29) is 0 Å². The molecule has 0 aliphatic rings. The zero-order valence-corrected chi connectivity index (χ0v) is 10.4. The highest BCUT2D eigenvalue weighted by atomic mass is 16.4. The molecule has 2 rings (SSSR count). The van der Waals surface area contributed by atoms with Crippen LogP contribution < -0.4 is 0 Å². The molecule has 1 N–H and O–H groups in total. The van der Waals surface area contributed by atoms with Gasteiger partial charge >= 0.3 is 5.97 Å². The summed E-state index contributed by atoms with van der Waals surface area (Å²) in [6.45, 7) is 0. The SMILES string of the molecule is O=C(O)/C=C/c1ccccc1/C=C/c1ccccc1. The second-order valence-electron chi connectivity index (χ2n) is 4.04. The van der Waals surface area contributed by atoms with Crippen LogP contribution in [0.5, 0.6) is 0 Å². The first-order chi connectivity index (χ1) is 9.25. The molecule has 2 heteroatoms. The van der Waals surface area contributed by atoms with Gasteiger partial charge in [-0.05, 0) is 22.8 Å². The van der Waals surface area contributed by atoms with Crippen LogP contribution in [-0.2, 0) is 4.79 Å². The minimum Gasteiger partial charge on any atom is -0.478 e. The fraction of sp³-hybridized carbons (Fsp3) is 0. The summed E-state index contributed by atoms with van der Waals surface area (Å²) in [5, 5.41) is 8.67. The summed E-state index contributed by atoms with van der Waals surface area (Å²) in [6.07, 6.45) is 6.74. The van der Waals surface area contributed by atoms with E-state index < -0.39 is 5.97 Å². The van der Waals surface area contributed by atoms with Crippen LogP contribution in [0.1, 0.15) is 16.7 Å². The Labute approximate surface area is 112 Å². The zero-order valence-electron chi connectivity index (χ0n) is 10.4. The second-order valence-corrected chi connectivity index (χ2v) is 4.04. The Kier molecular flexibility index (Phi) is 4.29. The van der Waals surface area contributed by atoms with Gasteiger partial charge in [0.15, 0.2) is 0 Å². The van der Waals surface area contributed by atoms with E-state index in [2.05, 4.69) is 0 Å². The van der Waals surface area contributed by atoms with Crippen LogP contribution in [0.25, 0.3) is 18.2 Å². The summed E-state index contributed by atoms with van der Waals surface area (Å²) in [4.78, 5) is 10.6. The van der Waals surface area contributed by atoms with Crippen LogP contribution >= 0.6 is 0 Å². The lowest BCUT2D eigenvalue weighted by molar-refractivity contribution is -0.131. The maximum absolute atomic E-state index is 10.6. The van der Waals surface area contributed by atoms with E-state index in [1.165, 1.54) is 0 Å². The van der Waals surface area contributed by atoms with Crippen molar-refractivity contribution in [1.82, 2.24) is 0 Å². The number of rotatable bonds is 4. The third-order valence-electron chi connectivity index (χ3n) is 2.66. The Morgan fingerprint density at radius 1 is 0.789 bits per heavy atom. The predicted molar refractivity (Wildman–Crippen MR) is 78.5 cm³/mol. The molecular formula is C17H14O2. The third-order valence-corrected chi connectivity index (χ3v) is 2.66. The summed E-state index contributed by atoms with van der Waals surface area (Å²) in [7, 11) is 0. The van der Waals surface area contributed by atoms with Gasteiger partial charge in [-0.25, -0.2) is 4.79 Å². The van der Waals surface area contributed by atoms with Crippen molar-refractivity contribution >= 4 is 24.2 Å². The van der Waals surface area contributed by atoms with Gasteiger partial charge < -0.3 is 5.11 Å². The molecule has 0 aliphatic heterocycles. The van der Waals surface area contributed by atoms with E-state index in [1.807, 2.05) is 66.7 Å². The fourth-order valence-corrected chi connectivity index (χ4v) is 1.73. The summed E-state index contributed by atoms with van der Waals surface area (Å²) in [5.41, 5.74) is 2.99. The van der Waals surface area contributed by atoms with Crippen molar-refractivity contribution in [2.45, 2.75) is 0 Å². The maximum Gasteiger partial charge on any atom is 0.328 e. The van der Waals surface area contributed by atoms with Gasteiger partial charge in [0.2, 0.25) is 0 Å². The maximum atomic E-state index is 10.6. The topological polar surface area (TPSA) is 37.3 Å². The summed E-state index contributed by atoms with van der Waals surface area (Å²) >= 11 is 0. The van der Waals surface area contributed by atoms with E-state index in [0.717, 1.165) is 22.8 Å². The Balaban J connectivity index is 2.25. The average Bonchev–Trinajstić information content (AvgIpc) is 2.45. The Bertz CT molecular complexity index is 610. The van der Waals surface area contributed by atoms with Gasteiger partial charge in [0, 0.05) is 6.08 Å². The second kappa shape index (κ2) is 6.36. The number of aliphatic carboxylic acids is 1. The molecule has 0 spiro atoms. The lowest BCUT2D eigenvalue weighted by Gasteiger charge is -2.00. The van der Waals surface area contributed by atoms with Crippen LogP contribution in [0.4, 0.5) is 0 Å². The van der Waals surface area contributed by atoms with E-state index in [0.29, 0.717) is 0 Å². The number of hydrogen-bond acceptors (Lipinski definition) is 1. The van der Waals surface area contributed by atoms with Crippen molar-refractivity contribution in [3.05, 3.63) is 77.4 Å². The lowest BCUT2D eigenvalue weighted by Crippen LogP contribution is -1.87. The number of benzene rings is 2. The summed E-state index contributed by atoms with van der Waals surface area (Å²) in [6, 6.07) is 17.7. The molecule has 94 valence electrons. The highest BCUT2D eigenvalue weighted by Gasteiger charge is 1.95. The quantitative estimate of drug-likeness (QED) is 0.659. The van der Waals surface area contributed by atoms with Gasteiger partial charge in [-0.1, -0.05) is 66.7 Å². The van der Waals surface area contributed by atoms with Crippen molar-refractivity contribution in [2.75, 3.05) is 0 Å². The van der Waals surface area contributed by atoms with Gasteiger partial charge in [-0.15, -0.1) is 0 Å². The number of hydrogen-bond donors (Lipinski definition) is 1. The first-order valence-electron chi connectivity index (χ1n) is 5.99. The van der Waals surface area contributed by atoms with Crippen molar-refractivity contribution < 1.29 is 9.90 Å². The Morgan fingerprint density at radius 2 is 1.37 bits per heavy atom. The largest absolute Gasteiger partial charge is 0.478 e. The molecule has 0 saturated carbocycles.